The molecule has 5 nitrogen and oxygen atoms in total. The van der Waals surface area contributed by atoms with Gasteiger partial charge < -0.3 is 10.4 Å². The number of hydrogen-bond donors (Lipinski definition) is 2. The van der Waals surface area contributed by atoms with Crippen molar-refractivity contribution in [1.29, 1.82) is 0 Å². The zero-order valence-corrected chi connectivity index (χ0v) is 7.76. The van der Waals surface area contributed by atoms with Crippen molar-refractivity contribution in [1.82, 2.24) is 10.2 Å². The molecule has 13 heavy (non-hydrogen) atoms. The van der Waals surface area contributed by atoms with Crippen LogP contribution in [0.4, 0.5) is 0 Å². The molecule has 0 radical (unpaired) electrons. The number of rotatable bonds is 3. The first-order valence-electron chi connectivity index (χ1n) is 3.91. The zero-order chi connectivity index (χ0) is 9.84. The molecule has 0 aromatic carbocycles. The molecule has 0 saturated carbocycles. The van der Waals surface area contributed by atoms with Crippen molar-refractivity contribution in [3.63, 3.8) is 0 Å². The van der Waals surface area contributed by atoms with E-state index in [4.69, 9.17) is 17.3 Å². The highest BCUT2D eigenvalue weighted by atomic mass is 32.1. The largest absolute Gasteiger partial charge is 0.481 e. The van der Waals surface area contributed by atoms with Crippen LogP contribution >= 0.6 is 12.2 Å². The highest BCUT2D eigenvalue weighted by Crippen LogP contribution is 2.02. The fraction of sp³-hybridized carbons (Fsp3) is 0.571. The number of amides is 1. The summed E-state index contributed by atoms with van der Waals surface area (Å²) in [5.41, 5.74) is 0. The quantitative estimate of drug-likeness (QED) is 0.608. The van der Waals surface area contributed by atoms with Gasteiger partial charge in [0, 0.05) is 19.5 Å². The molecule has 6 heteroatoms. The summed E-state index contributed by atoms with van der Waals surface area (Å²) in [7, 11) is 0. The van der Waals surface area contributed by atoms with Crippen LogP contribution in [0.2, 0.25) is 0 Å². The molecule has 72 valence electrons. The molecule has 0 unspecified atom stereocenters. The van der Waals surface area contributed by atoms with E-state index in [-0.39, 0.29) is 18.9 Å². The number of aliphatic carboxylic acids is 1. The Morgan fingerprint density at radius 1 is 1.69 bits per heavy atom. The van der Waals surface area contributed by atoms with Gasteiger partial charge in [-0.1, -0.05) is 0 Å². The van der Waals surface area contributed by atoms with Gasteiger partial charge in [-0.2, -0.15) is 0 Å². The number of thiocarbonyl (C=S) groups is 1. The minimum Gasteiger partial charge on any atom is -0.481 e. The van der Waals surface area contributed by atoms with Crippen molar-refractivity contribution in [2.45, 2.75) is 12.8 Å². The second kappa shape index (κ2) is 4.18. The second-order valence-corrected chi connectivity index (χ2v) is 3.06. The van der Waals surface area contributed by atoms with E-state index in [2.05, 4.69) is 5.32 Å². The van der Waals surface area contributed by atoms with Crippen molar-refractivity contribution in [2.75, 3.05) is 13.1 Å². The molecule has 0 bridgehead atoms. The summed E-state index contributed by atoms with van der Waals surface area (Å²) in [4.78, 5) is 22.8. The third kappa shape index (κ3) is 2.66. The van der Waals surface area contributed by atoms with E-state index < -0.39 is 5.97 Å². The Morgan fingerprint density at radius 2 is 2.38 bits per heavy atom. The fourth-order valence-electron chi connectivity index (χ4n) is 1.05. The third-order valence-electron chi connectivity index (χ3n) is 1.71. The van der Waals surface area contributed by atoms with Gasteiger partial charge >= 0.3 is 5.97 Å². The molecule has 0 aromatic rings. The smallest absolute Gasteiger partial charge is 0.305 e. The van der Waals surface area contributed by atoms with Crippen molar-refractivity contribution < 1.29 is 14.7 Å². The Balaban J connectivity index is 2.49. The molecule has 1 aliphatic heterocycles. The summed E-state index contributed by atoms with van der Waals surface area (Å²) < 4.78 is 0. The molecule has 0 aliphatic carbocycles. The lowest BCUT2D eigenvalue weighted by atomic mass is 10.3. The molecule has 1 heterocycles. The van der Waals surface area contributed by atoms with Crippen molar-refractivity contribution in [3.05, 3.63) is 0 Å². The summed E-state index contributed by atoms with van der Waals surface area (Å²) in [6.07, 6.45) is 0.299. The van der Waals surface area contributed by atoms with Gasteiger partial charge in [0.1, 0.15) is 0 Å². The Morgan fingerprint density at radius 3 is 2.92 bits per heavy atom. The average Bonchev–Trinajstić information content (AvgIpc) is 2.03. The van der Waals surface area contributed by atoms with Crippen LogP contribution in [0.5, 0.6) is 0 Å². The third-order valence-corrected chi connectivity index (χ3v) is 2.08. The van der Waals surface area contributed by atoms with E-state index >= 15 is 0 Å². The van der Waals surface area contributed by atoms with Crippen LogP contribution in [0.25, 0.3) is 0 Å². The average molecular weight is 202 g/mol. The zero-order valence-electron chi connectivity index (χ0n) is 6.95. The van der Waals surface area contributed by atoms with Crippen LogP contribution in [-0.4, -0.2) is 40.1 Å². The number of nitrogens with zero attached hydrogens (tertiary/aromatic N) is 1. The standard InChI is InChI=1S/C7H10N2O3S/c10-5-1-3-8-7(13)9(5)4-2-6(11)12/h1-4H2,(H,8,13)(H,11,12). The molecule has 2 N–H and O–H groups in total. The summed E-state index contributed by atoms with van der Waals surface area (Å²) in [6.45, 7) is 0.696. The Hall–Kier alpha value is -1.17. The predicted octanol–water partition coefficient (Wildman–Crippen LogP) is -0.432. The van der Waals surface area contributed by atoms with E-state index in [1.54, 1.807) is 0 Å². The molecule has 1 amide bonds. The first-order chi connectivity index (χ1) is 6.11. The van der Waals surface area contributed by atoms with E-state index in [1.165, 1.54) is 4.90 Å². The lowest BCUT2D eigenvalue weighted by Crippen LogP contribution is -2.50. The Bertz CT molecular complexity index is 238. The van der Waals surface area contributed by atoms with Gasteiger partial charge in [-0.3, -0.25) is 14.5 Å². The van der Waals surface area contributed by atoms with Crippen LogP contribution in [0.1, 0.15) is 12.8 Å². The molecule has 1 rings (SSSR count). The topological polar surface area (TPSA) is 69.6 Å². The Kier molecular flexibility index (Phi) is 3.18. The van der Waals surface area contributed by atoms with Gasteiger partial charge in [-0.05, 0) is 12.2 Å². The minimum atomic E-state index is -0.929. The molecule has 1 fully saturated rings. The van der Waals surface area contributed by atoms with Crippen LogP contribution in [-0.2, 0) is 9.59 Å². The fourth-order valence-corrected chi connectivity index (χ4v) is 1.35. The van der Waals surface area contributed by atoms with E-state index in [0.717, 1.165) is 0 Å². The minimum absolute atomic E-state index is 0.0758. The second-order valence-electron chi connectivity index (χ2n) is 2.67. The van der Waals surface area contributed by atoms with Crippen LogP contribution in [0.15, 0.2) is 0 Å². The first kappa shape index (κ1) is 9.91. The van der Waals surface area contributed by atoms with Crippen LogP contribution in [0, 0.1) is 0 Å². The van der Waals surface area contributed by atoms with E-state index in [9.17, 15) is 9.59 Å². The molecule has 1 aliphatic rings. The van der Waals surface area contributed by atoms with Crippen LogP contribution < -0.4 is 5.32 Å². The normalized spacial score (nSPS) is 17.1. The van der Waals surface area contributed by atoms with E-state index in [1.807, 2.05) is 0 Å². The highest BCUT2D eigenvalue weighted by molar-refractivity contribution is 7.80. The SMILES string of the molecule is O=C(O)CCN1C(=O)CCNC1=S. The van der Waals surface area contributed by atoms with Gasteiger partial charge in [0.05, 0.1) is 6.42 Å². The predicted molar refractivity (Wildman–Crippen MR) is 49.2 cm³/mol. The van der Waals surface area contributed by atoms with Crippen molar-refractivity contribution in [2.24, 2.45) is 0 Å². The number of hydrogen-bond acceptors (Lipinski definition) is 3. The molecule has 0 atom stereocenters. The maximum Gasteiger partial charge on any atom is 0.305 e. The van der Waals surface area contributed by atoms with Gasteiger partial charge in [0.15, 0.2) is 5.11 Å². The van der Waals surface area contributed by atoms with Gasteiger partial charge in [0.2, 0.25) is 5.91 Å². The van der Waals surface area contributed by atoms with Crippen molar-refractivity contribution in [3.8, 4) is 0 Å². The number of carbonyl (C=O) groups is 2. The van der Waals surface area contributed by atoms with Gasteiger partial charge in [-0.25, -0.2) is 0 Å². The lowest BCUT2D eigenvalue weighted by molar-refractivity contribution is -0.137. The summed E-state index contributed by atoms with van der Waals surface area (Å²) in [5.74, 6) is -1.04. The number of carboxylic acid groups (broad SMARTS) is 1. The first-order valence-corrected chi connectivity index (χ1v) is 4.32. The number of nitrogens with one attached hydrogen (secondary N) is 1. The van der Waals surface area contributed by atoms with Gasteiger partial charge in [-0.15, -0.1) is 0 Å². The monoisotopic (exact) mass is 202 g/mol. The Labute approximate surface area is 80.7 Å². The van der Waals surface area contributed by atoms with E-state index in [0.29, 0.717) is 18.1 Å². The summed E-state index contributed by atoms with van der Waals surface area (Å²) >= 11 is 4.86. The molecule has 0 aromatic heterocycles. The maximum atomic E-state index is 11.2. The molecule has 1 saturated heterocycles. The van der Waals surface area contributed by atoms with Crippen LogP contribution in [0.3, 0.4) is 0 Å². The molecular formula is C7H10N2O3S. The van der Waals surface area contributed by atoms with Crippen molar-refractivity contribution >= 4 is 29.2 Å². The summed E-state index contributed by atoms with van der Waals surface area (Å²) in [6, 6.07) is 0. The molecule has 0 spiro atoms. The summed E-state index contributed by atoms with van der Waals surface area (Å²) in [5, 5.41) is 11.6. The maximum absolute atomic E-state index is 11.2. The van der Waals surface area contributed by atoms with Gasteiger partial charge in [0.25, 0.3) is 0 Å². The number of carboxylic acids is 1. The highest BCUT2D eigenvalue weighted by Gasteiger charge is 2.22. The molecular weight excluding hydrogens is 192 g/mol. The number of carbonyl (C=O) groups excluding carboxylic acids is 1. The lowest BCUT2D eigenvalue weighted by Gasteiger charge is -2.27.